The smallest absolute Gasteiger partial charge is 0.105 e. The van der Waals surface area contributed by atoms with Crippen molar-refractivity contribution in [2.24, 2.45) is 5.73 Å². The molecule has 74 valence electrons. The van der Waals surface area contributed by atoms with Gasteiger partial charge in [-0.2, -0.15) is 0 Å². The summed E-state index contributed by atoms with van der Waals surface area (Å²) in [6.45, 7) is 7.35. The average Bonchev–Trinajstić information content (AvgIpc) is 1.78. The van der Waals surface area contributed by atoms with E-state index in [-0.39, 0.29) is 6.61 Å². The van der Waals surface area contributed by atoms with Crippen molar-refractivity contribution in [3.8, 4) is 0 Å². The van der Waals surface area contributed by atoms with Gasteiger partial charge < -0.3 is 15.6 Å². The number of thiol groups is 1. The monoisotopic (exact) mass is 193 g/mol. The van der Waals surface area contributed by atoms with E-state index in [2.05, 4.69) is 12.6 Å². The van der Waals surface area contributed by atoms with Crippen LogP contribution in [0.2, 0.25) is 0 Å². The molecule has 0 rings (SSSR count). The topological polar surface area (TPSA) is 55.5 Å². The lowest BCUT2D eigenvalue weighted by Gasteiger charge is -2.28. The fraction of sp³-hybridized carbons (Fsp3) is 1.00. The maximum Gasteiger partial charge on any atom is 0.105 e. The highest BCUT2D eigenvalue weighted by Gasteiger charge is 2.24. The molecule has 0 aromatic carbocycles. The van der Waals surface area contributed by atoms with E-state index in [9.17, 15) is 5.11 Å². The van der Waals surface area contributed by atoms with Crippen LogP contribution in [0.4, 0.5) is 0 Å². The summed E-state index contributed by atoms with van der Waals surface area (Å²) in [5, 5.41) is 9.47. The van der Waals surface area contributed by atoms with E-state index >= 15 is 0 Å². The summed E-state index contributed by atoms with van der Waals surface area (Å²) < 4.78 is 5.25. The number of aliphatic hydroxyl groups excluding tert-OH is 1. The largest absolute Gasteiger partial charge is 0.389 e. The predicted molar refractivity (Wildman–Crippen MR) is 53.3 cm³/mol. The van der Waals surface area contributed by atoms with Gasteiger partial charge >= 0.3 is 0 Å². The zero-order valence-corrected chi connectivity index (χ0v) is 9.06. The molecule has 0 aliphatic carbocycles. The third-order valence-corrected chi connectivity index (χ3v) is 1.58. The highest BCUT2D eigenvalue weighted by molar-refractivity contribution is 7.81. The van der Waals surface area contributed by atoms with Crippen molar-refractivity contribution in [3.63, 3.8) is 0 Å². The van der Waals surface area contributed by atoms with Crippen molar-refractivity contribution in [3.05, 3.63) is 0 Å². The van der Waals surface area contributed by atoms with Gasteiger partial charge in [0.1, 0.15) is 4.93 Å². The number of nitrogens with two attached hydrogens (primary N) is 1. The summed E-state index contributed by atoms with van der Waals surface area (Å²) in [7, 11) is 0. The Balaban J connectivity index is 3.80. The molecule has 0 aliphatic rings. The quantitative estimate of drug-likeness (QED) is 0.456. The molecule has 0 spiro atoms. The first-order valence-electron chi connectivity index (χ1n) is 3.96. The molecule has 1 unspecified atom stereocenters. The zero-order chi connectivity index (χ0) is 9.99. The summed E-state index contributed by atoms with van der Waals surface area (Å²) in [4.78, 5) is -0.522. The molecule has 1 atom stereocenters. The summed E-state index contributed by atoms with van der Waals surface area (Å²) in [5.41, 5.74) is 5.03. The van der Waals surface area contributed by atoms with Gasteiger partial charge in [-0.25, -0.2) is 0 Å². The van der Waals surface area contributed by atoms with Gasteiger partial charge in [-0.3, -0.25) is 0 Å². The summed E-state index contributed by atoms with van der Waals surface area (Å²) in [6, 6.07) is 0. The van der Waals surface area contributed by atoms with Gasteiger partial charge in [0.15, 0.2) is 0 Å². The molecule has 12 heavy (non-hydrogen) atoms. The first-order valence-corrected chi connectivity index (χ1v) is 4.41. The Bertz CT molecular complexity index is 137. The molecule has 0 bridgehead atoms. The van der Waals surface area contributed by atoms with E-state index in [0.717, 1.165) is 0 Å². The maximum atomic E-state index is 9.47. The van der Waals surface area contributed by atoms with Crippen LogP contribution in [0.1, 0.15) is 27.7 Å². The minimum Gasteiger partial charge on any atom is -0.389 e. The van der Waals surface area contributed by atoms with Crippen LogP contribution in [0.25, 0.3) is 0 Å². The second-order valence-electron chi connectivity index (χ2n) is 4.09. The lowest BCUT2D eigenvalue weighted by atomic mass is 10.00. The first kappa shape index (κ1) is 12.2. The van der Waals surface area contributed by atoms with E-state index in [1.807, 2.05) is 13.8 Å². The Morgan fingerprint density at radius 1 is 1.42 bits per heavy atom. The van der Waals surface area contributed by atoms with Crippen molar-refractivity contribution in [1.29, 1.82) is 0 Å². The van der Waals surface area contributed by atoms with E-state index in [0.29, 0.717) is 0 Å². The molecule has 3 N–H and O–H groups in total. The van der Waals surface area contributed by atoms with Gasteiger partial charge in [-0.1, -0.05) is 0 Å². The van der Waals surface area contributed by atoms with Crippen molar-refractivity contribution in [2.45, 2.75) is 44.3 Å². The van der Waals surface area contributed by atoms with E-state index < -0.39 is 16.6 Å². The van der Waals surface area contributed by atoms with Crippen molar-refractivity contribution in [1.82, 2.24) is 0 Å². The van der Waals surface area contributed by atoms with Crippen LogP contribution >= 0.6 is 12.6 Å². The Hall–Kier alpha value is 0.230. The molecular formula is C8H19NO2S. The minimum absolute atomic E-state index is 0.208. The first-order chi connectivity index (χ1) is 5.13. The summed E-state index contributed by atoms with van der Waals surface area (Å²) in [5.74, 6) is 0. The molecule has 4 heteroatoms. The number of aliphatic hydroxyl groups is 1. The van der Waals surface area contributed by atoms with E-state index in [1.54, 1.807) is 13.8 Å². The normalized spacial score (nSPS) is 16.2. The van der Waals surface area contributed by atoms with Crippen LogP contribution in [0.3, 0.4) is 0 Å². The number of hydrogen-bond donors (Lipinski definition) is 3. The number of ether oxygens (including phenoxy) is 1. The van der Waals surface area contributed by atoms with Crippen LogP contribution in [-0.2, 0) is 4.74 Å². The number of hydrogen-bond acceptors (Lipinski definition) is 4. The Morgan fingerprint density at radius 3 is 2.08 bits per heavy atom. The lowest BCUT2D eigenvalue weighted by Crippen LogP contribution is -2.48. The highest BCUT2D eigenvalue weighted by Crippen LogP contribution is 2.15. The molecule has 0 radical (unpaired) electrons. The van der Waals surface area contributed by atoms with Crippen molar-refractivity contribution in [2.75, 3.05) is 6.61 Å². The van der Waals surface area contributed by atoms with Crippen LogP contribution in [0.5, 0.6) is 0 Å². The summed E-state index contributed by atoms with van der Waals surface area (Å²) in [6.07, 6.45) is -0.663. The highest BCUT2D eigenvalue weighted by atomic mass is 32.1. The Morgan fingerprint density at radius 2 is 1.83 bits per heavy atom. The van der Waals surface area contributed by atoms with Gasteiger partial charge in [0, 0.05) is 5.54 Å². The molecule has 0 heterocycles. The maximum absolute atomic E-state index is 9.47. The molecule has 3 nitrogen and oxygen atoms in total. The molecular weight excluding hydrogens is 174 g/mol. The van der Waals surface area contributed by atoms with Crippen LogP contribution in [0.15, 0.2) is 0 Å². The second-order valence-corrected chi connectivity index (χ2v) is 5.17. The van der Waals surface area contributed by atoms with E-state index in [1.165, 1.54) is 0 Å². The molecule has 0 aromatic heterocycles. The predicted octanol–water partition coefficient (Wildman–Crippen LogP) is 0.767. The molecule has 0 saturated heterocycles. The van der Waals surface area contributed by atoms with Crippen LogP contribution < -0.4 is 5.73 Å². The van der Waals surface area contributed by atoms with Gasteiger partial charge in [0.05, 0.1) is 12.7 Å². The average molecular weight is 193 g/mol. The Labute approximate surface area is 79.7 Å². The van der Waals surface area contributed by atoms with Crippen molar-refractivity contribution >= 4 is 12.6 Å². The molecule has 0 aromatic rings. The van der Waals surface area contributed by atoms with Gasteiger partial charge in [0.2, 0.25) is 0 Å². The standard InChI is InChI=1S/C8H19NO2S/c1-7(2,9)6(10)5-11-8(3,4)12/h6,10,12H,5,9H2,1-4H3. The SMILES string of the molecule is CC(C)(S)OCC(O)C(C)(C)N. The molecule has 0 amide bonds. The van der Waals surface area contributed by atoms with Crippen LogP contribution in [-0.4, -0.2) is 28.3 Å². The number of rotatable bonds is 4. The second kappa shape index (κ2) is 3.96. The molecule has 0 fully saturated rings. The lowest BCUT2D eigenvalue weighted by molar-refractivity contribution is -0.0329. The molecule has 0 aliphatic heterocycles. The third kappa shape index (κ3) is 5.83. The van der Waals surface area contributed by atoms with Gasteiger partial charge in [-0.05, 0) is 27.7 Å². The van der Waals surface area contributed by atoms with Gasteiger partial charge in [-0.15, -0.1) is 12.6 Å². The van der Waals surface area contributed by atoms with Gasteiger partial charge in [0.25, 0.3) is 0 Å². The minimum atomic E-state index is -0.663. The van der Waals surface area contributed by atoms with E-state index in [4.69, 9.17) is 10.5 Å². The molecule has 0 saturated carbocycles. The fourth-order valence-corrected chi connectivity index (χ4v) is 0.572. The fourth-order valence-electron chi connectivity index (χ4n) is 0.498. The zero-order valence-electron chi connectivity index (χ0n) is 8.16. The summed E-state index contributed by atoms with van der Waals surface area (Å²) >= 11 is 4.15. The Kier molecular flexibility index (Phi) is 4.03. The van der Waals surface area contributed by atoms with Crippen LogP contribution in [0, 0.1) is 0 Å². The third-order valence-electron chi connectivity index (χ3n) is 1.45. The van der Waals surface area contributed by atoms with Crippen molar-refractivity contribution < 1.29 is 9.84 Å².